The molecule has 1 amide bonds. The number of hydrogen-bond acceptors (Lipinski definition) is 4. The van der Waals surface area contributed by atoms with Gasteiger partial charge in [0.25, 0.3) is 0 Å². The second kappa shape index (κ2) is 8.78. The monoisotopic (exact) mass is 259 g/mol. The van der Waals surface area contributed by atoms with Crippen molar-refractivity contribution in [2.24, 2.45) is 5.73 Å². The highest BCUT2D eigenvalue weighted by Crippen LogP contribution is 2.10. The minimum absolute atomic E-state index is 0.136. The Labute approximate surface area is 108 Å². The lowest BCUT2D eigenvalue weighted by molar-refractivity contribution is -0.122. The summed E-state index contributed by atoms with van der Waals surface area (Å²) in [6.07, 6.45) is 3.84. The molecule has 2 atom stereocenters. The summed E-state index contributed by atoms with van der Waals surface area (Å²) in [6.45, 7) is 3.70. The van der Waals surface area contributed by atoms with E-state index in [1.54, 1.807) is 0 Å². The predicted octanol–water partition coefficient (Wildman–Crippen LogP) is 0.715. The van der Waals surface area contributed by atoms with E-state index in [2.05, 4.69) is 17.6 Å². The summed E-state index contributed by atoms with van der Waals surface area (Å²) in [5.41, 5.74) is 5.66. The van der Waals surface area contributed by atoms with Gasteiger partial charge in [-0.1, -0.05) is 19.8 Å². The normalized spacial score (nSPS) is 22.1. The summed E-state index contributed by atoms with van der Waals surface area (Å²) in [4.78, 5) is 11.8. The minimum Gasteiger partial charge on any atom is -0.352 e. The number of nitrogens with one attached hydrogen (secondary N) is 2. The van der Waals surface area contributed by atoms with Gasteiger partial charge in [-0.2, -0.15) is 11.8 Å². The van der Waals surface area contributed by atoms with Gasteiger partial charge in [-0.25, -0.2) is 0 Å². The van der Waals surface area contributed by atoms with Gasteiger partial charge in [-0.15, -0.1) is 0 Å². The van der Waals surface area contributed by atoms with Gasteiger partial charge in [0.15, 0.2) is 0 Å². The first-order valence-corrected chi connectivity index (χ1v) is 7.72. The molecule has 1 saturated heterocycles. The van der Waals surface area contributed by atoms with Crippen LogP contribution in [0.4, 0.5) is 0 Å². The fourth-order valence-corrected chi connectivity index (χ4v) is 2.91. The third kappa shape index (κ3) is 6.29. The van der Waals surface area contributed by atoms with E-state index in [1.807, 2.05) is 11.8 Å². The third-order valence-electron chi connectivity index (χ3n) is 2.99. The average Bonchev–Trinajstić information content (AvgIpc) is 2.35. The molecule has 5 heteroatoms. The van der Waals surface area contributed by atoms with Crippen LogP contribution in [0.25, 0.3) is 0 Å². The molecule has 0 bridgehead atoms. The summed E-state index contributed by atoms with van der Waals surface area (Å²) in [7, 11) is 0. The molecule has 2 unspecified atom stereocenters. The summed E-state index contributed by atoms with van der Waals surface area (Å²) in [5.74, 6) is 2.33. The molecule has 1 aliphatic rings. The van der Waals surface area contributed by atoms with Crippen LogP contribution in [0.5, 0.6) is 0 Å². The molecule has 1 rings (SSSR count). The largest absolute Gasteiger partial charge is 0.352 e. The number of hydrogen-bond donors (Lipinski definition) is 3. The van der Waals surface area contributed by atoms with E-state index < -0.39 is 0 Å². The second-order valence-electron chi connectivity index (χ2n) is 4.57. The van der Waals surface area contributed by atoms with Gasteiger partial charge in [0.1, 0.15) is 0 Å². The Kier molecular flexibility index (Phi) is 7.64. The van der Waals surface area contributed by atoms with Crippen molar-refractivity contribution in [2.75, 3.05) is 24.6 Å². The summed E-state index contributed by atoms with van der Waals surface area (Å²) in [6, 6.07) is 0.483. The number of amides is 1. The third-order valence-corrected chi connectivity index (χ3v) is 4.12. The summed E-state index contributed by atoms with van der Waals surface area (Å²) >= 11 is 1.92. The molecule has 1 fully saturated rings. The molecule has 0 aromatic carbocycles. The second-order valence-corrected chi connectivity index (χ2v) is 5.72. The Morgan fingerprint density at radius 1 is 1.65 bits per heavy atom. The summed E-state index contributed by atoms with van der Waals surface area (Å²) in [5, 5.41) is 6.41. The molecular formula is C12H25N3OS. The highest BCUT2D eigenvalue weighted by molar-refractivity contribution is 7.99. The number of thioether (sulfide) groups is 1. The van der Waals surface area contributed by atoms with Crippen molar-refractivity contribution in [1.82, 2.24) is 10.6 Å². The standard InChI is InChI=1S/C12H25N3OS/c1-2-3-4-10(8-13)15-12(16)7-11-9-17-6-5-14-11/h10-11,14H,2-9,13H2,1H3,(H,15,16). The molecule has 4 N–H and O–H groups in total. The number of rotatable bonds is 7. The quantitative estimate of drug-likeness (QED) is 0.630. The van der Waals surface area contributed by atoms with E-state index in [4.69, 9.17) is 5.73 Å². The van der Waals surface area contributed by atoms with Gasteiger partial charge in [0.05, 0.1) is 0 Å². The van der Waals surface area contributed by atoms with Gasteiger partial charge in [-0.3, -0.25) is 4.79 Å². The van der Waals surface area contributed by atoms with E-state index in [0.717, 1.165) is 37.3 Å². The lowest BCUT2D eigenvalue weighted by atomic mass is 10.1. The van der Waals surface area contributed by atoms with E-state index in [0.29, 0.717) is 19.0 Å². The van der Waals surface area contributed by atoms with Crippen LogP contribution in [-0.2, 0) is 4.79 Å². The van der Waals surface area contributed by atoms with E-state index in [-0.39, 0.29) is 11.9 Å². The highest BCUT2D eigenvalue weighted by atomic mass is 32.2. The van der Waals surface area contributed by atoms with E-state index in [9.17, 15) is 4.79 Å². The van der Waals surface area contributed by atoms with Gasteiger partial charge in [-0.05, 0) is 6.42 Å². The van der Waals surface area contributed by atoms with Crippen LogP contribution in [0, 0.1) is 0 Å². The van der Waals surface area contributed by atoms with Crippen LogP contribution in [0.3, 0.4) is 0 Å². The Balaban J connectivity index is 2.21. The maximum Gasteiger partial charge on any atom is 0.221 e. The van der Waals surface area contributed by atoms with Gasteiger partial charge in [0, 0.05) is 43.1 Å². The summed E-state index contributed by atoms with van der Waals surface area (Å²) < 4.78 is 0. The van der Waals surface area contributed by atoms with Crippen molar-refractivity contribution in [1.29, 1.82) is 0 Å². The van der Waals surface area contributed by atoms with Crippen LogP contribution in [0.15, 0.2) is 0 Å². The van der Waals surface area contributed by atoms with Crippen LogP contribution in [0.2, 0.25) is 0 Å². The zero-order chi connectivity index (χ0) is 12.5. The molecule has 4 nitrogen and oxygen atoms in total. The van der Waals surface area contributed by atoms with Crippen LogP contribution in [-0.4, -0.2) is 42.6 Å². The average molecular weight is 259 g/mol. The maximum atomic E-state index is 11.8. The topological polar surface area (TPSA) is 67.1 Å². The van der Waals surface area contributed by atoms with Gasteiger partial charge < -0.3 is 16.4 Å². The van der Waals surface area contributed by atoms with Gasteiger partial charge in [0.2, 0.25) is 5.91 Å². The van der Waals surface area contributed by atoms with E-state index in [1.165, 1.54) is 0 Å². The number of carbonyl (C=O) groups excluding carboxylic acids is 1. The van der Waals surface area contributed by atoms with Crippen molar-refractivity contribution in [3.8, 4) is 0 Å². The molecule has 1 heterocycles. The lowest BCUT2D eigenvalue weighted by Gasteiger charge is -2.24. The number of nitrogens with two attached hydrogens (primary N) is 1. The van der Waals surface area contributed by atoms with Crippen molar-refractivity contribution < 1.29 is 4.79 Å². The maximum absolute atomic E-state index is 11.8. The molecular weight excluding hydrogens is 234 g/mol. The molecule has 0 saturated carbocycles. The SMILES string of the molecule is CCCCC(CN)NC(=O)CC1CSCCN1. The first-order valence-electron chi connectivity index (χ1n) is 6.56. The molecule has 0 aromatic heterocycles. The van der Waals surface area contributed by atoms with E-state index >= 15 is 0 Å². The number of carbonyl (C=O) groups is 1. The van der Waals surface area contributed by atoms with Gasteiger partial charge >= 0.3 is 0 Å². The molecule has 1 aliphatic heterocycles. The zero-order valence-electron chi connectivity index (χ0n) is 10.7. The fourth-order valence-electron chi connectivity index (χ4n) is 1.96. The Bertz CT molecular complexity index is 220. The van der Waals surface area contributed by atoms with Crippen molar-refractivity contribution in [2.45, 2.75) is 44.7 Å². The van der Waals surface area contributed by atoms with Crippen molar-refractivity contribution in [3.05, 3.63) is 0 Å². The first kappa shape index (κ1) is 14.8. The van der Waals surface area contributed by atoms with Crippen LogP contribution < -0.4 is 16.4 Å². The van der Waals surface area contributed by atoms with Crippen molar-refractivity contribution >= 4 is 17.7 Å². The molecule has 100 valence electrons. The lowest BCUT2D eigenvalue weighted by Crippen LogP contribution is -2.45. The molecule has 0 aliphatic carbocycles. The molecule has 0 spiro atoms. The predicted molar refractivity (Wildman–Crippen MR) is 74.2 cm³/mol. The minimum atomic E-state index is 0.136. The van der Waals surface area contributed by atoms with Crippen molar-refractivity contribution in [3.63, 3.8) is 0 Å². The first-order chi connectivity index (χ1) is 8.26. The number of unbranched alkanes of at least 4 members (excludes halogenated alkanes) is 1. The highest BCUT2D eigenvalue weighted by Gasteiger charge is 2.18. The van der Waals surface area contributed by atoms with Crippen LogP contribution in [0.1, 0.15) is 32.6 Å². The zero-order valence-corrected chi connectivity index (χ0v) is 11.5. The fraction of sp³-hybridized carbons (Fsp3) is 0.917. The molecule has 0 aromatic rings. The Hall–Kier alpha value is -0.260. The molecule has 0 radical (unpaired) electrons. The van der Waals surface area contributed by atoms with Crippen LogP contribution >= 0.6 is 11.8 Å². The smallest absolute Gasteiger partial charge is 0.221 e. The Morgan fingerprint density at radius 3 is 3.06 bits per heavy atom. The Morgan fingerprint density at radius 2 is 2.47 bits per heavy atom. The molecule has 17 heavy (non-hydrogen) atoms.